The molecule has 0 aliphatic carbocycles. The first-order valence-electron chi connectivity index (χ1n) is 3.89. The van der Waals surface area contributed by atoms with Crippen LogP contribution in [0.3, 0.4) is 0 Å². The van der Waals surface area contributed by atoms with Crippen LogP contribution in [0.1, 0.15) is 24.1 Å². The number of benzene rings is 1. The van der Waals surface area contributed by atoms with Gasteiger partial charge in [-0.3, -0.25) is 0 Å². The van der Waals surface area contributed by atoms with Crippen LogP contribution in [0.25, 0.3) is 0 Å². The average Bonchev–Trinajstić information content (AvgIpc) is 2.04. The van der Waals surface area contributed by atoms with Gasteiger partial charge in [0, 0.05) is 17.6 Å². The molecule has 66 valence electrons. The van der Waals surface area contributed by atoms with Crippen molar-refractivity contribution < 1.29 is 0 Å². The number of hydrogen-bond acceptors (Lipinski definition) is 2. The Kier molecular flexibility index (Phi) is 3.09. The third-order valence-corrected chi connectivity index (χ3v) is 2.17. The summed E-state index contributed by atoms with van der Waals surface area (Å²) in [5.41, 5.74) is 13.1. The highest BCUT2D eigenvalue weighted by atomic mass is 35.5. The van der Waals surface area contributed by atoms with Gasteiger partial charge in [0.2, 0.25) is 0 Å². The molecule has 1 aromatic rings. The number of halogens is 1. The second-order valence-corrected chi connectivity index (χ2v) is 3.25. The molecular weight excluding hydrogens is 172 g/mol. The quantitative estimate of drug-likeness (QED) is 0.737. The molecule has 1 aromatic carbocycles. The van der Waals surface area contributed by atoms with E-state index in [1.807, 2.05) is 25.1 Å². The first-order chi connectivity index (χ1) is 5.65. The first kappa shape index (κ1) is 9.52. The fourth-order valence-corrected chi connectivity index (χ4v) is 1.28. The minimum absolute atomic E-state index is 0.0225. The van der Waals surface area contributed by atoms with Crippen molar-refractivity contribution in [2.75, 3.05) is 0 Å². The van der Waals surface area contributed by atoms with E-state index in [1.165, 1.54) is 0 Å². The van der Waals surface area contributed by atoms with Crippen molar-refractivity contribution in [2.24, 2.45) is 11.5 Å². The predicted molar refractivity (Wildman–Crippen MR) is 51.9 cm³/mol. The van der Waals surface area contributed by atoms with E-state index in [4.69, 9.17) is 23.1 Å². The van der Waals surface area contributed by atoms with Gasteiger partial charge in [-0.1, -0.05) is 23.7 Å². The van der Waals surface area contributed by atoms with Gasteiger partial charge < -0.3 is 11.5 Å². The van der Waals surface area contributed by atoms with Crippen molar-refractivity contribution in [3.63, 3.8) is 0 Å². The lowest BCUT2D eigenvalue weighted by molar-refractivity contribution is 0.817. The van der Waals surface area contributed by atoms with Gasteiger partial charge in [-0.05, 0) is 24.1 Å². The summed E-state index contributed by atoms with van der Waals surface area (Å²) in [4.78, 5) is 0. The zero-order chi connectivity index (χ0) is 9.14. The summed E-state index contributed by atoms with van der Waals surface area (Å²) in [7, 11) is 0. The van der Waals surface area contributed by atoms with Gasteiger partial charge in [-0.2, -0.15) is 0 Å². The lowest BCUT2D eigenvalue weighted by Gasteiger charge is -2.07. The Morgan fingerprint density at radius 2 is 2.17 bits per heavy atom. The smallest absolute Gasteiger partial charge is 0.0454 e. The Labute approximate surface area is 77.5 Å². The second-order valence-electron chi connectivity index (χ2n) is 2.84. The topological polar surface area (TPSA) is 52.0 Å². The summed E-state index contributed by atoms with van der Waals surface area (Å²) in [6.07, 6.45) is 0. The van der Waals surface area contributed by atoms with Crippen molar-refractivity contribution in [3.8, 4) is 0 Å². The Morgan fingerprint density at radius 1 is 1.50 bits per heavy atom. The van der Waals surface area contributed by atoms with Crippen LogP contribution in [0, 0.1) is 0 Å². The second kappa shape index (κ2) is 3.90. The normalized spacial score (nSPS) is 13.0. The van der Waals surface area contributed by atoms with E-state index in [0.717, 1.165) is 11.1 Å². The molecule has 12 heavy (non-hydrogen) atoms. The van der Waals surface area contributed by atoms with E-state index >= 15 is 0 Å². The van der Waals surface area contributed by atoms with Crippen molar-refractivity contribution in [2.45, 2.75) is 19.5 Å². The molecule has 0 saturated heterocycles. The summed E-state index contributed by atoms with van der Waals surface area (Å²) in [6, 6.07) is 5.77. The highest BCUT2D eigenvalue weighted by molar-refractivity contribution is 6.31. The zero-order valence-electron chi connectivity index (χ0n) is 7.05. The van der Waals surface area contributed by atoms with Gasteiger partial charge in [0.25, 0.3) is 0 Å². The molecule has 0 saturated carbocycles. The maximum Gasteiger partial charge on any atom is 0.0454 e. The summed E-state index contributed by atoms with van der Waals surface area (Å²) >= 11 is 5.94. The summed E-state index contributed by atoms with van der Waals surface area (Å²) in [6.45, 7) is 2.39. The Morgan fingerprint density at radius 3 is 2.58 bits per heavy atom. The lowest BCUT2D eigenvalue weighted by atomic mass is 10.1. The van der Waals surface area contributed by atoms with Crippen molar-refractivity contribution in [1.29, 1.82) is 0 Å². The van der Waals surface area contributed by atoms with Crippen molar-refractivity contribution in [1.82, 2.24) is 0 Å². The molecule has 2 nitrogen and oxygen atoms in total. The molecule has 0 heterocycles. The van der Waals surface area contributed by atoms with Gasteiger partial charge in [0.05, 0.1) is 0 Å². The monoisotopic (exact) mass is 184 g/mol. The van der Waals surface area contributed by atoms with Gasteiger partial charge in [-0.15, -0.1) is 0 Å². The van der Waals surface area contributed by atoms with Crippen molar-refractivity contribution in [3.05, 3.63) is 34.3 Å². The first-order valence-corrected chi connectivity index (χ1v) is 4.27. The predicted octanol–water partition coefficient (Wildman–Crippen LogP) is 1.82. The maximum atomic E-state index is 5.94. The summed E-state index contributed by atoms with van der Waals surface area (Å²) in [5, 5.41) is 0.701. The van der Waals surface area contributed by atoms with Gasteiger partial charge in [0.15, 0.2) is 0 Å². The van der Waals surface area contributed by atoms with E-state index in [2.05, 4.69) is 0 Å². The molecule has 0 bridgehead atoms. The fraction of sp³-hybridized carbons (Fsp3) is 0.333. The molecule has 0 radical (unpaired) electrons. The fourth-order valence-electron chi connectivity index (χ4n) is 1.01. The summed E-state index contributed by atoms with van der Waals surface area (Å²) < 4.78 is 0. The highest BCUT2D eigenvalue weighted by Gasteiger charge is 2.02. The SMILES string of the molecule is CC(N)c1ccc(CN)c(Cl)c1. The molecule has 1 rings (SSSR count). The lowest BCUT2D eigenvalue weighted by Crippen LogP contribution is -2.05. The maximum absolute atomic E-state index is 5.94. The van der Waals surface area contributed by atoms with Gasteiger partial charge in [-0.25, -0.2) is 0 Å². The van der Waals surface area contributed by atoms with Crippen LogP contribution in [0.4, 0.5) is 0 Å². The zero-order valence-corrected chi connectivity index (χ0v) is 7.81. The van der Waals surface area contributed by atoms with Gasteiger partial charge >= 0.3 is 0 Å². The van der Waals surface area contributed by atoms with E-state index < -0.39 is 0 Å². The molecule has 0 amide bonds. The minimum Gasteiger partial charge on any atom is -0.326 e. The van der Waals surface area contributed by atoms with E-state index in [1.54, 1.807) is 0 Å². The van der Waals surface area contributed by atoms with Crippen LogP contribution in [0.15, 0.2) is 18.2 Å². The third-order valence-electron chi connectivity index (χ3n) is 1.82. The van der Waals surface area contributed by atoms with Crippen LogP contribution in [0.5, 0.6) is 0 Å². The molecule has 0 aliphatic heterocycles. The third kappa shape index (κ3) is 1.97. The standard InChI is InChI=1S/C9H13ClN2/c1-6(12)7-2-3-8(5-11)9(10)4-7/h2-4,6H,5,11-12H2,1H3. The minimum atomic E-state index is 0.0225. The van der Waals surface area contributed by atoms with E-state index in [0.29, 0.717) is 11.6 Å². The average molecular weight is 185 g/mol. The number of rotatable bonds is 2. The summed E-state index contributed by atoms with van der Waals surface area (Å²) in [5.74, 6) is 0. The molecule has 0 fully saturated rings. The van der Waals surface area contributed by atoms with Crippen LogP contribution in [0.2, 0.25) is 5.02 Å². The highest BCUT2D eigenvalue weighted by Crippen LogP contribution is 2.20. The number of nitrogens with two attached hydrogens (primary N) is 2. The largest absolute Gasteiger partial charge is 0.326 e. The molecule has 4 N–H and O–H groups in total. The van der Waals surface area contributed by atoms with Crippen LogP contribution in [-0.2, 0) is 6.54 Å². The Hall–Kier alpha value is -0.570. The van der Waals surface area contributed by atoms with E-state index in [-0.39, 0.29) is 6.04 Å². The van der Waals surface area contributed by atoms with Crippen LogP contribution < -0.4 is 11.5 Å². The van der Waals surface area contributed by atoms with Crippen LogP contribution in [-0.4, -0.2) is 0 Å². The molecule has 3 heteroatoms. The molecule has 0 aromatic heterocycles. The molecule has 1 unspecified atom stereocenters. The van der Waals surface area contributed by atoms with Gasteiger partial charge in [0.1, 0.15) is 0 Å². The van der Waals surface area contributed by atoms with Crippen molar-refractivity contribution >= 4 is 11.6 Å². The number of hydrogen-bond donors (Lipinski definition) is 2. The Balaban J connectivity index is 3.02. The Bertz CT molecular complexity index is 271. The van der Waals surface area contributed by atoms with E-state index in [9.17, 15) is 0 Å². The molecular formula is C9H13ClN2. The molecule has 0 spiro atoms. The van der Waals surface area contributed by atoms with Crippen LogP contribution >= 0.6 is 11.6 Å². The molecule has 1 atom stereocenters. The molecule has 0 aliphatic rings.